The van der Waals surface area contributed by atoms with Gasteiger partial charge in [-0.25, -0.2) is 4.79 Å². The maximum Gasteiger partial charge on any atom is 0.340 e. The molecule has 3 nitrogen and oxygen atoms in total. The van der Waals surface area contributed by atoms with Crippen molar-refractivity contribution >= 4 is 73.7 Å². The number of carboxylic acids is 1. The van der Waals surface area contributed by atoms with E-state index >= 15 is 0 Å². The summed E-state index contributed by atoms with van der Waals surface area (Å²) in [6.07, 6.45) is 0. The van der Waals surface area contributed by atoms with E-state index in [1.807, 2.05) is 22.6 Å². The highest BCUT2D eigenvalue weighted by molar-refractivity contribution is 14.1. The molecule has 0 radical (unpaired) electrons. The molecule has 0 spiro atoms. The molecule has 13 heavy (non-hydrogen) atoms. The molecule has 0 heterocycles. The lowest BCUT2D eigenvalue weighted by Crippen LogP contribution is -2.03. The summed E-state index contributed by atoms with van der Waals surface area (Å²) in [4.78, 5) is 10.7. The van der Waals surface area contributed by atoms with Gasteiger partial charge in [-0.05, 0) is 73.8 Å². The van der Waals surface area contributed by atoms with Gasteiger partial charge in [-0.2, -0.15) is 0 Å². The molecule has 1 aromatic carbocycles. The molecule has 1 rings (SSSR count). The molecule has 2 N–H and O–H groups in total. The standard InChI is InChI=1S/C7H3I3O3/c8-2-1-3(11)4(7(12)13)6(10)5(2)9/h1,11H,(H,12,13). The molecule has 0 aliphatic rings. The summed E-state index contributed by atoms with van der Waals surface area (Å²) in [5.41, 5.74) is -0.0228. The fourth-order valence-corrected chi connectivity index (χ4v) is 3.09. The van der Waals surface area contributed by atoms with Gasteiger partial charge in [0.2, 0.25) is 0 Å². The second kappa shape index (κ2) is 4.47. The number of aromatic carboxylic acids is 1. The van der Waals surface area contributed by atoms with Crippen molar-refractivity contribution in [2.75, 3.05) is 0 Å². The molecular weight excluding hydrogens is 513 g/mol. The van der Waals surface area contributed by atoms with Crippen LogP contribution >= 0.6 is 67.8 Å². The van der Waals surface area contributed by atoms with Gasteiger partial charge < -0.3 is 10.2 Å². The number of aromatic hydroxyl groups is 1. The van der Waals surface area contributed by atoms with E-state index in [-0.39, 0.29) is 11.3 Å². The Morgan fingerprint density at radius 2 is 1.77 bits per heavy atom. The third-order valence-corrected chi connectivity index (χ3v) is 6.47. The van der Waals surface area contributed by atoms with E-state index in [9.17, 15) is 9.90 Å². The second-order valence-electron chi connectivity index (χ2n) is 2.19. The second-order valence-corrected chi connectivity index (χ2v) is 5.51. The summed E-state index contributed by atoms with van der Waals surface area (Å²) in [6, 6.07) is 1.45. The average Bonchev–Trinajstić information content (AvgIpc) is 1.99. The number of halogens is 3. The number of rotatable bonds is 1. The zero-order valence-corrected chi connectivity index (χ0v) is 12.5. The zero-order valence-electron chi connectivity index (χ0n) is 6.01. The monoisotopic (exact) mass is 516 g/mol. The molecular formula is C7H3I3O3. The van der Waals surface area contributed by atoms with E-state index in [4.69, 9.17) is 5.11 Å². The Bertz CT molecular complexity index is 376. The molecule has 0 unspecified atom stereocenters. The van der Waals surface area contributed by atoms with Crippen LogP contribution < -0.4 is 0 Å². The summed E-state index contributed by atoms with van der Waals surface area (Å²) in [7, 11) is 0. The number of hydrogen-bond acceptors (Lipinski definition) is 2. The Balaban J connectivity index is 3.53. The Kier molecular flexibility index (Phi) is 4.04. The lowest BCUT2D eigenvalue weighted by atomic mass is 10.2. The van der Waals surface area contributed by atoms with Gasteiger partial charge in [0.1, 0.15) is 11.3 Å². The normalized spacial score (nSPS) is 10.1. The van der Waals surface area contributed by atoms with Gasteiger partial charge in [-0.1, -0.05) is 0 Å². The number of hydrogen-bond donors (Lipinski definition) is 2. The van der Waals surface area contributed by atoms with Crippen LogP contribution in [0.4, 0.5) is 0 Å². The fraction of sp³-hybridized carbons (Fsp3) is 0. The van der Waals surface area contributed by atoms with E-state index in [0.717, 1.165) is 7.14 Å². The van der Waals surface area contributed by atoms with Gasteiger partial charge in [-0.3, -0.25) is 0 Å². The first-order valence-corrected chi connectivity index (χ1v) is 6.28. The van der Waals surface area contributed by atoms with Crippen LogP contribution in [-0.2, 0) is 0 Å². The van der Waals surface area contributed by atoms with Crippen molar-refractivity contribution in [3.8, 4) is 5.75 Å². The predicted molar refractivity (Wildman–Crippen MR) is 73.2 cm³/mol. The van der Waals surface area contributed by atoms with Crippen LogP contribution in [-0.4, -0.2) is 16.2 Å². The highest BCUT2D eigenvalue weighted by Crippen LogP contribution is 2.31. The lowest BCUT2D eigenvalue weighted by molar-refractivity contribution is 0.0692. The van der Waals surface area contributed by atoms with Crippen molar-refractivity contribution in [3.63, 3.8) is 0 Å². The summed E-state index contributed by atoms with van der Waals surface area (Å²) in [5, 5.41) is 18.2. The van der Waals surface area contributed by atoms with Crippen molar-refractivity contribution in [1.29, 1.82) is 0 Å². The van der Waals surface area contributed by atoms with Gasteiger partial charge in [0.25, 0.3) is 0 Å². The number of carbonyl (C=O) groups is 1. The maximum atomic E-state index is 10.7. The van der Waals surface area contributed by atoms with Crippen LogP contribution in [0.3, 0.4) is 0 Å². The van der Waals surface area contributed by atoms with E-state index in [1.54, 1.807) is 0 Å². The van der Waals surface area contributed by atoms with E-state index < -0.39 is 5.97 Å². The van der Waals surface area contributed by atoms with Crippen molar-refractivity contribution in [1.82, 2.24) is 0 Å². The molecule has 0 atom stereocenters. The molecule has 0 saturated heterocycles. The van der Waals surface area contributed by atoms with Crippen LogP contribution in [0, 0.1) is 10.7 Å². The smallest absolute Gasteiger partial charge is 0.340 e. The van der Waals surface area contributed by atoms with Gasteiger partial charge in [-0.15, -0.1) is 0 Å². The predicted octanol–water partition coefficient (Wildman–Crippen LogP) is 2.90. The van der Waals surface area contributed by atoms with Crippen molar-refractivity contribution in [2.45, 2.75) is 0 Å². The van der Waals surface area contributed by atoms with E-state index in [0.29, 0.717) is 3.57 Å². The molecule has 0 aromatic heterocycles. The van der Waals surface area contributed by atoms with Gasteiger partial charge in [0.15, 0.2) is 0 Å². The van der Waals surface area contributed by atoms with Gasteiger partial charge in [0.05, 0.1) is 0 Å². The summed E-state index contributed by atoms with van der Waals surface area (Å²) in [5.74, 6) is -1.28. The number of benzene rings is 1. The Hall–Kier alpha value is 0.680. The Morgan fingerprint density at radius 3 is 2.23 bits per heavy atom. The maximum absolute atomic E-state index is 10.7. The Morgan fingerprint density at radius 1 is 1.23 bits per heavy atom. The first-order valence-electron chi connectivity index (χ1n) is 3.05. The molecule has 6 heteroatoms. The van der Waals surface area contributed by atoms with Gasteiger partial charge in [0, 0.05) is 10.7 Å². The highest BCUT2D eigenvalue weighted by atomic mass is 127. The molecule has 70 valence electrons. The Labute approximate surface area is 115 Å². The zero-order chi connectivity index (χ0) is 10.2. The third kappa shape index (κ3) is 2.37. The minimum atomic E-state index is -1.10. The van der Waals surface area contributed by atoms with Crippen LogP contribution in [0.15, 0.2) is 6.07 Å². The molecule has 0 saturated carbocycles. The quantitative estimate of drug-likeness (QED) is 0.447. The van der Waals surface area contributed by atoms with Crippen LogP contribution in [0.25, 0.3) is 0 Å². The SMILES string of the molecule is O=C(O)c1c(O)cc(I)c(I)c1I. The molecule has 1 aromatic rings. The van der Waals surface area contributed by atoms with Crippen molar-refractivity contribution < 1.29 is 15.0 Å². The average molecular weight is 516 g/mol. The molecule has 0 aliphatic heterocycles. The van der Waals surface area contributed by atoms with Crippen molar-refractivity contribution in [2.24, 2.45) is 0 Å². The molecule has 0 bridgehead atoms. The summed E-state index contributed by atoms with van der Waals surface area (Å²) >= 11 is 6.02. The topological polar surface area (TPSA) is 57.5 Å². The lowest BCUT2D eigenvalue weighted by Gasteiger charge is -2.06. The fourth-order valence-electron chi connectivity index (χ4n) is 0.786. The van der Waals surface area contributed by atoms with Crippen molar-refractivity contribution in [3.05, 3.63) is 22.3 Å². The minimum Gasteiger partial charge on any atom is -0.507 e. The minimum absolute atomic E-state index is 0.0228. The van der Waals surface area contributed by atoms with Crippen LogP contribution in [0.2, 0.25) is 0 Å². The number of carboxylic acid groups (broad SMARTS) is 1. The van der Waals surface area contributed by atoms with Crippen LogP contribution in [0.5, 0.6) is 5.75 Å². The number of phenols is 1. The van der Waals surface area contributed by atoms with E-state index in [1.165, 1.54) is 6.07 Å². The molecule has 0 amide bonds. The largest absolute Gasteiger partial charge is 0.507 e. The summed E-state index contributed by atoms with van der Waals surface area (Å²) in [6.45, 7) is 0. The highest BCUT2D eigenvalue weighted by Gasteiger charge is 2.18. The van der Waals surface area contributed by atoms with E-state index in [2.05, 4.69) is 45.2 Å². The molecule has 0 aliphatic carbocycles. The van der Waals surface area contributed by atoms with Gasteiger partial charge >= 0.3 is 5.97 Å². The summed E-state index contributed by atoms with van der Waals surface area (Å²) < 4.78 is 2.29. The van der Waals surface area contributed by atoms with Crippen LogP contribution in [0.1, 0.15) is 10.4 Å². The first kappa shape index (κ1) is 11.8. The third-order valence-electron chi connectivity index (χ3n) is 1.36. The molecule has 0 fully saturated rings. The first-order chi connectivity index (χ1) is 5.95.